The summed E-state index contributed by atoms with van der Waals surface area (Å²) in [7, 11) is 0. The minimum absolute atomic E-state index is 0.0935. The highest BCUT2D eigenvalue weighted by atomic mass is 19.1. The lowest BCUT2D eigenvalue weighted by Crippen LogP contribution is -2.18. The second-order valence-corrected chi connectivity index (χ2v) is 3.88. The van der Waals surface area contributed by atoms with E-state index in [-0.39, 0.29) is 17.6 Å². The summed E-state index contributed by atoms with van der Waals surface area (Å²) in [6.45, 7) is 2.45. The number of aromatic nitrogens is 2. The third-order valence-electron chi connectivity index (χ3n) is 2.61. The molecule has 0 spiro atoms. The molecule has 0 aliphatic heterocycles. The van der Waals surface area contributed by atoms with E-state index < -0.39 is 0 Å². The van der Waals surface area contributed by atoms with Gasteiger partial charge in [-0.05, 0) is 25.1 Å². The van der Waals surface area contributed by atoms with Crippen molar-refractivity contribution in [3.63, 3.8) is 0 Å². The molecule has 0 saturated heterocycles. The van der Waals surface area contributed by atoms with Gasteiger partial charge >= 0.3 is 0 Å². The Balaban J connectivity index is 2.04. The fraction of sp³-hybridized carbons (Fsp3) is 0.250. The molecule has 1 unspecified atom stereocenters. The first kappa shape index (κ1) is 11.6. The normalized spacial score (nSPS) is 12.6. The van der Waals surface area contributed by atoms with E-state index in [1.165, 1.54) is 18.2 Å². The number of nitrogens with one attached hydrogen (secondary N) is 2. The van der Waals surface area contributed by atoms with Crippen molar-refractivity contribution < 1.29 is 9.50 Å². The molecule has 4 nitrogen and oxygen atoms in total. The second kappa shape index (κ2) is 4.97. The first-order chi connectivity index (χ1) is 8.16. The monoisotopic (exact) mass is 235 g/mol. The third-order valence-corrected chi connectivity index (χ3v) is 2.61. The number of H-pyrrole nitrogens is 1. The average Bonchev–Trinajstić information content (AvgIpc) is 2.82. The van der Waals surface area contributed by atoms with Crippen LogP contribution >= 0.6 is 0 Å². The SMILES string of the molecule is CC(NCc1cnc[nH]1)c1cc(F)ccc1O. The van der Waals surface area contributed by atoms with E-state index in [0.29, 0.717) is 12.1 Å². The smallest absolute Gasteiger partial charge is 0.123 e. The maximum atomic E-state index is 13.1. The van der Waals surface area contributed by atoms with Crippen molar-refractivity contribution >= 4 is 0 Å². The molecule has 0 bridgehead atoms. The molecule has 1 atom stereocenters. The summed E-state index contributed by atoms with van der Waals surface area (Å²) in [4.78, 5) is 6.86. The molecule has 0 radical (unpaired) electrons. The quantitative estimate of drug-likeness (QED) is 0.760. The molecule has 3 N–H and O–H groups in total. The van der Waals surface area contributed by atoms with E-state index in [9.17, 15) is 9.50 Å². The molecule has 17 heavy (non-hydrogen) atoms. The Morgan fingerprint density at radius 3 is 3.06 bits per heavy atom. The number of aromatic amines is 1. The molecular weight excluding hydrogens is 221 g/mol. The number of phenolic OH excluding ortho intramolecular Hbond substituents is 1. The van der Waals surface area contributed by atoms with E-state index in [1.54, 1.807) is 12.5 Å². The van der Waals surface area contributed by atoms with E-state index in [1.807, 2.05) is 6.92 Å². The van der Waals surface area contributed by atoms with Crippen molar-refractivity contribution in [2.24, 2.45) is 0 Å². The zero-order valence-electron chi connectivity index (χ0n) is 9.44. The zero-order chi connectivity index (χ0) is 12.3. The standard InChI is InChI=1S/C12H14FN3O/c1-8(15-6-10-5-14-7-16-10)11-4-9(13)2-3-12(11)17/h2-5,7-8,15,17H,6H2,1H3,(H,14,16). The maximum Gasteiger partial charge on any atom is 0.123 e. The summed E-state index contributed by atoms with van der Waals surface area (Å²) in [5.41, 5.74) is 1.48. The van der Waals surface area contributed by atoms with E-state index in [4.69, 9.17) is 0 Å². The van der Waals surface area contributed by atoms with Crippen LogP contribution in [-0.4, -0.2) is 15.1 Å². The molecule has 1 aromatic carbocycles. The number of phenols is 1. The summed E-state index contributed by atoms with van der Waals surface area (Å²) in [5.74, 6) is -0.260. The molecule has 0 fully saturated rings. The van der Waals surface area contributed by atoms with Gasteiger partial charge in [0.25, 0.3) is 0 Å². The van der Waals surface area contributed by atoms with Crippen LogP contribution in [0.25, 0.3) is 0 Å². The maximum absolute atomic E-state index is 13.1. The molecule has 2 rings (SSSR count). The predicted molar refractivity (Wildman–Crippen MR) is 61.9 cm³/mol. The zero-order valence-corrected chi connectivity index (χ0v) is 9.44. The highest BCUT2D eigenvalue weighted by Gasteiger charge is 2.11. The molecule has 0 amide bonds. The number of aromatic hydroxyl groups is 1. The Kier molecular flexibility index (Phi) is 3.39. The van der Waals surface area contributed by atoms with Gasteiger partial charge in [-0.25, -0.2) is 9.37 Å². The predicted octanol–water partition coefficient (Wildman–Crippen LogP) is 2.11. The molecule has 0 aliphatic carbocycles. The summed E-state index contributed by atoms with van der Waals surface area (Å²) in [6.07, 6.45) is 3.31. The van der Waals surface area contributed by atoms with E-state index >= 15 is 0 Å². The van der Waals surface area contributed by atoms with Crippen molar-refractivity contribution in [3.05, 3.63) is 47.8 Å². The number of halogens is 1. The largest absolute Gasteiger partial charge is 0.508 e. The van der Waals surface area contributed by atoms with Crippen LogP contribution < -0.4 is 5.32 Å². The Morgan fingerprint density at radius 1 is 1.53 bits per heavy atom. The van der Waals surface area contributed by atoms with Crippen LogP contribution in [-0.2, 0) is 6.54 Å². The van der Waals surface area contributed by atoms with Crippen LogP contribution in [0.5, 0.6) is 5.75 Å². The Labute approximate surface area is 98.5 Å². The van der Waals surface area contributed by atoms with Crippen molar-refractivity contribution in [2.75, 3.05) is 0 Å². The number of benzene rings is 1. The van der Waals surface area contributed by atoms with Crippen LogP contribution in [0.15, 0.2) is 30.7 Å². The summed E-state index contributed by atoms with van der Waals surface area (Å²) >= 11 is 0. The van der Waals surface area contributed by atoms with Gasteiger partial charge in [-0.3, -0.25) is 0 Å². The molecule has 0 saturated carbocycles. The molecule has 1 heterocycles. The minimum atomic E-state index is -0.354. The Morgan fingerprint density at radius 2 is 2.35 bits per heavy atom. The van der Waals surface area contributed by atoms with E-state index in [2.05, 4.69) is 15.3 Å². The minimum Gasteiger partial charge on any atom is -0.508 e. The molecule has 1 aromatic heterocycles. The fourth-order valence-corrected chi connectivity index (χ4v) is 1.63. The van der Waals surface area contributed by atoms with Gasteiger partial charge in [-0.1, -0.05) is 0 Å². The highest BCUT2D eigenvalue weighted by Crippen LogP contribution is 2.24. The lowest BCUT2D eigenvalue weighted by atomic mass is 10.1. The van der Waals surface area contributed by atoms with Crippen LogP contribution in [0.1, 0.15) is 24.2 Å². The molecule has 90 valence electrons. The average molecular weight is 235 g/mol. The lowest BCUT2D eigenvalue weighted by Gasteiger charge is -2.15. The molecule has 0 aliphatic rings. The van der Waals surface area contributed by atoms with Crippen molar-refractivity contribution in [3.8, 4) is 5.75 Å². The van der Waals surface area contributed by atoms with Gasteiger partial charge in [0.05, 0.1) is 6.33 Å². The first-order valence-electron chi connectivity index (χ1n) is 5.36. The van der Waals surface area contributed by atoms with Gasteiger partial charge < -0.3 is 15.4 Å². The summed E-state index contributed by atoms with van der Waals surface area (Å²) in [6, 6.07) is 3.79. The van der Waals surface area contributed by atoms with Crippen LogP contribution in [0, 0.1) is 5.82 Å². The Bertz CT molecular complexity index is 485. The molecule has 5 heteroatoms. The third kappa shape index (κ3) is 2.82. The number of rotatable bonds is 4. The van der Waals surface area contributed by atoms with Crippen molar-refractivity contribution in [1.29, 1.82) is 0 Å². The molecule has 2 aromatic rings. The fourth-order valence-electron chi connectivity index (χ4n) is 1.63. The van der Waals surface area contributed by atoms with Crippen LogP contribution in [0.3, 0.4) is 0 Å². The number of nitrogens with zero attached hydrogens (tertiary/aromatic N) is 1. The van der Waals surface area contributed by atoms with Crippen molar-refractivity contribution in [2.45, 2.75) is 19.5 Å². The van der Waals surface area contributed by atoms with Gasteiger partial charge in [0.2, 0.25) is 0 Å². The number of imidazole rings is 1. The molecular formula is C12H14FN3O. The lowest BCUT2D eigenvalue weighted by molar-refractivity contribution is 0.448. The van der Waals surface area contributed by atoms with Gasteiger partial charge in [0.15, 0.2) is 0 Å². The number of hydrogen-bond donors (Lipinski definition) is 3. The first-order valence-corrected chi connectivity index (χ1v) is 5.36. The highest BCUT2D eigenvalue weighted by molar-refractivity contribution is 5.34. The topological polar surface area (TPSA) is 60.9 Å². The van der Waals surface area contributed by atoms with Crippen molar-refractivity contribution in [1.82, 2.24) is 15.3 Å². The second-order valence-electron chi connectivity index (χ2n) is 3.88. The summed E-state index contributed by atoms with van der Waals surface area (Å²) < 4.78 is 13.1. The Hall–Kier alpha value is -1.88. The van der Waals surface area contributed by atoms with Gasteiger partial charge in [0.1, 0.15) is 11.6 Å². The van der Waals surface area contributed by atoms with Gasteiger partial charge in [-0.15, -0.1) is 0 Å². The number of hydrogen-bond acceptors (Lipinski definition) is 3. The summed E-state index contributed by atoms with van der Waals surface area (Å²) in [5, 5.41) is 12.8. The van der Waals surface area contributed by atoms with Gasteiger partial charge in [-0.2, -0.15) is 0 Å². The van der Waals surface area contributed by atoms with Crippen LogP contribution in [0.2, 0.25) is 0 Å². The van der Waals surface area contributed by atoms with E-state index in [0.717, 1.165) is 5.69 Å². The van der Waals surface area contributed by atoms with Crippen LogP contribution in [0.4, 0.5) is 4.39 Å². The van der Waals surface area contributed by atoms with Gasteiger partial charge in [0, 0.05) is 30.0 Å².